The Morgan fingerprint density at radius 1 is 1.47 bits per heavy atom. The number of hydrogen-bond donors (Lipinski definition) is 1. The summed E-state index contributed by atoms with van der Waals surface area (Å²) in [7, 11) is -2.97. The quantitative estimate of drug-likeness (QED) is 0.820. The van der Waals surface area contributed by atoms with Crippen molar-refractivity contribution >= 4 is 21.4 Å². The van der Waals surface area contributed by atoms with E-state index in [2.05, 4.69) is 20.4 Å². The van der Waals surface area contributed by atoms with Gasteiger partial charge in [0.15, 0.2) is 0 Å². The standard InChI is InChI=1S/C9H13N5O2S/c1-7-5-8(10-3-4-17(2,15)16)14-9(13-7)11-6-12-14/h5-6,10H,3-4H2,1-2H3. The van der Waals surface area contributed by atoms with Crippen LogP contribution in [0.3, 0.4) is 0 Å². The minimum Gasteiger partial charge on any atom is -0.369 e. The van der Waals surface area contributed by atoms with Crippen LogP contribution in [-0.4, -0.2) is 46.6 Å². The summed E-state index contributed by atoms with van der Waals surface area (Å²) in [4.78, 5) is 8.16. The van der Waals surface area contributed by atoms with Crippen molar-refractivity contribution in [2.75, 3.05) is 23.9 Å². The van der Waals surface area contributed by atoms with Crippen LogP contribution in [0.15, 0.2) is 12.4 Å². The fourth-order valence-corrected chi connectivity index (χ4v) is 1.89. The Kier molecular flexibility index (Phi) is 2.97. The van der Waals surface area contributed by atoms with Gasteiger partial charge in [-0.2, -0.15) is 14.6 Å². The van der Waals surface area contributed by atoms with Crippen molar-refractivity contribution in [1.82, 2.24) is 19.6 Å². The molecule has 92 valence electrons. The molecule has 2 aromatic rings. The summed E-state index contributed by atoms with van der Waals surface area (Å²) >= 11 is 0. The first-order chi connectivity index (χ1) is 7.96. The largest absolute Gasteiger partial charge is 0.369 e. The molecular formula is C9H13N5O2S. The molecule has 0 aliphatic heterocycles. The zero-order valence-electron chi connectivity index (χ0n) is 9.58. The lowest BCUT2D eigenvalue weighted by Gasteiger charge is -2.07. The highest BCUT2D eigenvalue weighted by Gasteiger charge is 2.06. The lowest BCUT2D eigenvalue weighted by atomic mass is 10.4. The Balaban J connectivity index is 2.20. The summed E-state index contributed by atoms with van der Waals surface area (Å²) in [6, 6.07) is 1.80. The van der Waals surface area contributed by atoms with E-state index < -0.39 is 9.84 Å². The van der Waals surface area contributed by atoms with Crippen LogP contribution in [0, 0.1) is 6.92 Å². The van der Waals surface area contributed by atoms with E-state index >= 15 is 0 Å². The number of aromatic nitrogens is 4. The maximum Gasteiger partial charge on any atom is 0.254 e. The smallest absolute Gasteiger partial charge is 0.254 e. The molecule has 0 bridgehead atoms. The van der Waals surface area contributed by atoms with Gasteiger partial charge in [-0.1, -0.05) is 0 Å². The number of nitrogens with one attached hydrogen (secondary N) is 1. The van der Waals surface area contributed by atoms with Gasteiger partial charge >= 0.3 is 0 Å². The van der Waals surface area contributed by atoms with Crippen molar-refractivity contribution in [3.8, 4) is 0 Å². The van der Waals surface area contributed by atoms with Gasteiger partial charge in [0.05, 0.1) is 5.75 Å². The molecule has 2 aromatic heterocycles. The van der Waals surface area contributed by atoms with E-state index in [-0.39, 0.29) is 5.75 Å². The van der Waals surface area contributed by atoms with Gasteiger partial charge in [-0.3, -0.25) is 0 Å². The Morgan fingerprint density at radius 3 is 2.94 bits per heavy atom. The van der Waals surface area contributed by atoms with Crippen LogP contribution in [-0.2, 0) is 9.84 Å². The molecule has 0 spiro atoms. The second-order valence-electron chi connectivity index (χ2n) is 3.81. The molecule has 0 unspecified atom stereocenters. The van der Waals surface area contributed by atoms with Crippen LogP contribution in [0.25, 0.3) is 5.78 Å². The number of fused-ring (bicyclic) bond motifs is 1. The first-order valence-electron chi connectivity index (χ1n) is 5.05. The van der Waals surface area contributed by atoms with Crippen molar-refractivity contribution < 1.29 is 8.42 Å². The summed E-state index contributed by atoms with van der Waals surface area (Å²) in [5.74, 6) is 1.25. The zero-order chi connectivity index (χ0) is 12.5. The van der Waals surface area contributed by atoms with Gasteiger partial charge in [-0.15, -0.1) is 0 Å². The van der Waals surface area contributed by atoms with Crippen LogP contribution in [0.1, 0.15) is 5.69 Å². The number of hydrogen-bond acceptors (Lipinski definition) is 6. The van der Waals surface area contributed by atoms with E-state index in [1.54, 1.807) is 6.07 Å². The van der Waals surface area contributed by atoms with Crippen LogP contribution in [0.4, 0.5) is 5.82 Å². The second-order valence-corrected chi connectivity index (χ2v) is 6.07. The highest BCUT2D eigenvalue weighted by Crippen LogP contribution is 2.09. The highest BCUT2D eigenvalue weighted by atomic mass is 32.2. The van der Waals surface area contributed by atoms with Crippen molar-refractivity contribution in [3.05, 3.63) is 18.1 Å². The van der Waals surface area contributed by atoms with Crippen LogP contribution in [0.2, 0.25) is 0 Å². The number of rotatable bonds is 4. The SMILES string of the molecule is Cc1cc(NCCS(C)(=O)=O)n2ncnc2n1. The first kappa shape index (κ1) is 11.8. The predicted octanol–water partition coefficient (Wildman–Crippen LogP) is -0.111. The third-order valence-corrected chi connectivity index (χ3v) is 3.10. The molecule has 0 amide bonds. The number of anilines is 1. The van der Waals surface area contributed by atoms with E-state index in [0.717, 1.165) is 5.69 Å². The summed E-state index contributed by atoms with van der Waals surface area (Å²) in [6.45, 7) is 2.17. The molecule has 17 heavy (non-hydrogen) atoms. The summed E-state index contributed by atoms with van der Waals surface area (Å²) < 4.78 is 23.6. The van der Waals surface area contributed by atoms with Crippen molar-refractivity contribution in [3.63, 3.8) is 0 Å². The fraction of sp³-hybridized carbons (Fsp3) is 0.444. The maximum absolute atomic E-state index is 11.0. The summed E-state index contributed by atoms with van der Waals surface area (Å²) in [5, 5.41) is 7.02. The molecule has 2 heterocycles. The molecule has 7 nitrogen and oxygen atoms in total. The predicted molar refractivity (Wildman–Crippen MR) is 63.7 cm³/mol. The average Bonchev–Trinajstić information content (AvgIpc) is 2.63. The molecule has 0 aromatic carbocycles. The molecule has 8 heteroatoms. The van der Waals surface area contributed by atoms with Crippen LogP contribution >= 0.6 is 0 Å². The fourth-order valence-electron chi connectivity index (χ4n) is 1.42. The average molecular weight is 255 g/mol. The van der Waals surface area contributed by atoms with Crippen molar-refractivity contribution in [2.24, 2.45) is 0 Å². The van der Waals surface area contributed by atoms with E-state index in [1.807, 2.05) is 6.92 Å². The third kappa shape index (κ3) is 2.90. The van der Waals surface area contributed by atoms with Gasteiger partial charge in [0, 0.05) is 24.6 Å². The minimum atomic E-state index is -2.97. The molecule has 0 saturated heterocycles. The first-order valence-corrected chi connectivity index (χ1v) is 7.11. The normalized spacial score (nSPS) is 11.9. The molecule has 0 atom stereocenters. The van der Waals surface area contributed by atoms with Gasteiger partial charge in [-0.25, -0.2) is 13.4 Å². The molecule has 0 radical (unpaired) electrons. The van der Waals surface area contributed by atoms with Gasteiger partial charge in [-0.05, 0) is 6.92 Å². The van der Waals surface area contributed by atoms with Crippen molar-refractivity contribution in [1.29, 1.82) is 0 Å². The number of aryl methyl sites for hydroxylation is 1. The minimum absolute atomic E-state index is 0.0740. The molecule has 2 rings (SSSR count). The molecular weight excluding hydrogens is 242 g/mol. The van der Waals surface area contributed by atoms with Crippen LogP contribution in [0.5, 0.6) is 0 Å². The molecule has 0 aliphatic carbocycles. The van der Waals surface area contributed by atoms with E-state index in [9.17, 15) is 8.42 Å². The monoisotopic (exact) mass is 255 g/mol. The van der Waals surface area contributed by atoms with Crippen molar-refractivity contribution in [2.45, 2.75) is 6.92 Å². The number of nitrogens with zero attached hydrogens (tertiary/aromatic N) is 4. The molecule has 1 N–H and O–H groups in total. The highest BCUT2D eigenvalue weighted by molar-refractivity contribution is 7.90. The lowest BCUT2D eigenvalue weighted by molar-refractivity contribution is 0.602. The van der Waals surface area contributed by atoms with E-state index in [4.69, 9.17) is 0 Å². The van der Waals surface area contributed by atoms with Gasteiger partial charge in [0.2, 0.25) is 0 Å². The Bertz CT molecular complexity index is 634. The Morgan fingerprint density at radius 2 is 2.24 bits per heavy atom. The van der Waals surface area contributed by atoms with E-state index in [1.165, 1.54) is 17.1 Å². The summed E-state index contributed by atoms with van der Waals surface area (Å²) in [5.41, 5.74) is 0.798. The maximum atomic E-state index is 11.0. The third-order valence-electron chi connectivity index (χ3n) is 2.16. The Hall–Kier alpha value is -1.70. The lowest BCUT2D eigenvalue weighted by Crippen LogP contribution is -2.16. The van der Waals surface area contributed by atoms with Gasteiger partial charge in [0.1, 0.15) is 22.0 Å². The van der Waals surface area contributed by atoms with E-state index in [0.29, 0.717) is 18.1 Å². The topological polar surface area (TPSA) is 89.2 Å². The Labute approximate surface area is 98.8 Å². The molecule has 0 aliphatic rings. The molecule has 0 saturated carbocycles. The van der Waals surface area contributed by atoms with Crippen LogP contribution < -0.4 is 5.32 Å². The summed E-state index contributed by atoms with van der Waals surface area (Å²) in [6.07, 6.45) is 2.61. The van der Waals surface area contributed by atoms with Gasteiger partial charge < -0.3 is 5.32 Å². The molecule has 0 fully saturated rings. The van der Waals surface area contributed by atoms with Gasteiger partial charge in [0.25, 0.3) is 5.78 Å². The zero-order valence-corrected chi connectivity index (χ0v) is 10.4. The number of sulfone groups is 1. The second kappa shape index (κ2) is 4.28.